The van der Waals surface area contributed by atoms with Crippen LogP contribution >= 0.6 is 0 Å². The molecule has 4 heteroatoms. The number of carbonyl (C=O) groups is 2. The Kier molecular flexibility index (Phi) is 4.94. The van der Waals surface area contributed by atoms with Crippen LogP contribution in [-0.2, 0) is 11.2 Å². The van der Waals surface area contributed by atoms with Crippen molar-refractivity contribution in [2.24, 2.45) is 0 Å². The molecule has 114 valence electrons. The Morgan fingerprint density at radius 1 is 1.00 bits per heavy atom. The maximum atomic E-state index is 11.7. The molecule has 0 aliphatic rings. The average Bonchev–Trinajstić information content (AvgIpc) is 2.54. The standard InChI is InChI=1S/C18H20N2O2/c1-19-18(22)16-6-4-5-15(12-16)14-9-7-13(8-10-14)11-17(21)20(2)3/h4-10,12H,11H2,1-3H3,(H,19,22). The average molecular weight is 296 g/mol. The van der Waals surface area contributed by atoms with Crippen molar-refractivity contribution in [1.82, 2.24) is 10.2 Å². The number of hydrogen-bond acceptors (Lipinski definition) is 2. The highest BCUT2D eigenvalue weighted by molar-refractivity contribution is 5.95. The summed E-state index contributed by atoms with van der Waals surface area (Å²) >= 11 is 0. The minimum absolute atomic E-state index is 0.0781. The lowest BCUT2D eigenvalue weighted by Crippen LogP contribution is -2.23. The van der Waals surface area contributed by atoms with E-state index in [1.165, 1.54) is 0 Å². The van der Waals surface area contributed by atoms with Crippen molar-refractivity contribution >= 4 is 11.8 Å². The Bertz CT molecular complexity index is 676. The lowest BCUT2D eigenvalue weighted by Gasteiger charge is -2.10. The van der Waals surface area contributed by atoms with Crippen LogP contribution in [0.5, 0.6) is 0 Å². The van der Waals surface area contributed by atoms with Gasteiger partial charge >= 0.3 is 0 Å². The minimum atomic E-state index is -0.102. The summed E-state index contributed by atoms with van der Waals surface area (Å²) in [5, 5.41) is 2.62. The van der Waals surface area contributed by atoms with Crippen molar-refractivity contribution in [2.75, 3.05) is 21.1 Å². The second kappa shape index (κ2) is 6.89. The Morgan fingerprint density at radius 3 is 2.27 bits per heavy atom. The van der Waals surface area contributed by atoms with E-state index in [1.807, 2.05) is 42.5 Å². The van der Waals surface area contributed by atoms with Gasteiger partial charge in [-0.1, -0.05) is 36.4 Å². The molecule has 0 radical (unpaired) electrons. The van der Waals surface area contributed by atoms with Crippen LogP contribution in [0.3, 0.4) is 0 Å². The van der Waals surface area contributed by atoms with Crippen molar-refractivity contribution in [1.29, 1.82) is 0 Å². The zero-order chi connectivity index (χ0) is 16.1. The van der Waals surface area contributed by atoms with E-state index in [9.17, 15) is 9.59 Å². The molecule has 0 aliphatic carbocycles. The molecule has 22 heavy (non-hydrogen) atoms. The monoisotopic (exact) mass is 296 g/mol. The predicted octanol–water partition coefficient (Wildman–Crippen LogP) is 2.34. The second-order valence-electron chi connectivity index (χ2n) is 5.32. The van der Waals surface area contributed by atoms with Gasteiger partial charge in [-0.05, 0) is 28.8 Å². The van der Waals surface area contributed by atoms with Gasteiger partial charge in [0.05, 0.1) is 6.42 Å². The molecular weight excluding hydrogens is 276 g/mol. The molecule has 0 heterocycles. The third kappa shape index (κ3) is 3.73. The summed E-state index contributed by atoms with van der Waals surface area (Å²) in [4.78, 5) is 25.0. The Labute approximate surface area is 130 Å². The lowest BCUT2D eigenvalue weighted by atomic mass is 10.0. The molecular formula is C18H20N2O2. The van der Waals surface area contributed by atoms with Gasteiger partial charge in [0.1, 0.15) is 0 Å². The Balaban J connectivity index is 2.20. The van der Waals surface area contributed by atoms with E-state index < -0.39 is 0 Å². The van der Waals surface area contributed by atoms with Crippen molar-refractivity contribution in [3.8, 4) is 11.1 Å². The molecule has 0 saturated heterocycles. The fourth-order valence-corrected chi connectivity index (χ4v) is 2.13. The molecule has 2 aromatic carbocycles. The smallest absolute Gasteiger partial charge is 0.251 e. The summed E-state index contributed by atoms with van der Waals surface area (Å²) in [5.74, 6) is -0.0237. The number of nitrogens with one attached hydrogen (secondary N) is 1. The van der Waals surface area contributed by atoms with Crippen molar-refractivity contribution in [3.63, 3.8) is 0 Å². The van der Waals surface area contributed by atoms with E-state index >= 15 is 0 Å². The highest BCUT2D eigenvalue weighted by Crippen LogP contribution is 2.21. The molecule has 2 rings (SSSR count). The summed E-state index contributed by atoms with van der Waals surface area (Å²) in [6.07, 6.45) is 0.394. The quantitative estimate of drug-likeness (QED) is 0.941. The number of hydrogen-bond donors (Lipinski definition) is 1. The molecule has 0 fully saturated rings. The van der Waals surface area contributed by atoms with Gasteiger partial charge in [0.2, 0.25) is 5.91 Å². The van der Waals surface area contributed by atoms with Gasteiger partial charge in [0.25, 0.3) is 5.91 Å². The lowest BCUT2D eigenvalue weighted by molar-refractivity contribution is -0.127. The van der Waals surface area contributed by atoms with Crippen LogP contribution in [0.25, 0.3) is 11.1 Å². The summed E-state index contributed by atoms with van der Waals surface area (Å²) in [6, 6.07) is 15.3. The summed E-state index contributed by atoms with van der Waals surface area (Å²) in [5.41, 5.74) is 3.61. The predicted molar refractivity (Wildman–Crippen MR) is 87.7 cm³/mol. The highest BCUT2D eigenvalue weighted by Gasteiger charge is 2.07. The van der Waals surface area contributed by atoms with Crippen LogP contribution in [0.15, 0.2) is 48.5 Å². The zero-order valence-corrected chi connectivity index (χ0v) is 13.1. The molecule has 0 saturated carbocycles. The van der Waals surface area contributed by atoms with Crippen LogP contribution in [-0.4, -0.2) is 37.9 Å². The molecule has 2 amide bonds. The maximum absolute atomic E-state index is 11.7. The van der Waals surface area contributed by atoms with E-state index in [-0.39, 0.29) is 11.8 Å². The fraction of sp³-hybridized carbons (Fsp3) is 0.222. The SMILES string of the molecule is CNC(=O)c1cccc(-c2ccc(CC(=O)N(C)C)cc2)c1. The second-order valence-corrected chi connectivity index (χ2v) is 5.32. The third-order valence-corrected chi connectivity index (χ3v) is 3.49. The summed E-state index contributed by atoms with van der Waals surface area (Å²) in [6.45, 7) is 0. The van der Waals surface area contributed by atoms with Gasteiger partial charge < -0.3 is 10.2 Å². The minimum Gasteiger partial charge on any atom is -0.355 e. The first kappa shape index (κ1) is 15.8. The zero-order valence-electron chi connectivity index (χ0n) is 13.1. The summed E-state index contributed by atoms with van der Waals surface area (Å²) in [7, 11) is 5.12. The van der Waals surface area contributed by atoms with Crippen LogP contribution in [0, 0.1) is 0 Å². The number of likely N-dealkylation sites (N-methyl/N-ethyl adjacent to an activating group) is 1. The van der Waals surface area contributed by atoms with Crippen molar-refractivity contribution in [2.45, 2.75) is 6.42 Å². The molecule has 0 unspecified atom stereocenters. The van der Waals surface area contributed by atoms with Gasteiger partial charge in [-0.2, -0.15) is 0 Å². The van der Waals surface area contributed by atoms with Crippen LogP contribution in [0.1, 0.15) is 15.9 Å². The molecule has 0 bridgehead atoms. The first-order valence-electron chi connectivity index (χ1n) is 7.13. The van der Waals surface area contributed by atoms with E-state index in [1.54, 1.807) is 32.1 Å². The molecule has 0 aliphatic heterocycles. The third-order valence-electron chi connectivity index (χ3n) is 3.49. The van der Waals surface area contributed by atoms with E-state index in [0.29, 0.717) is 12.0 Å². The largest absolute Gasteiger partial charge is 0.355 e. The first-order chi connectivity index (χ1) is 10.5. The normalized spacial score (nSPS) is 10.1. The van der Waals surface area contributed by atoms with Crippen LogP contribution < -0.4 is 5.32 Å². The molecule has 0 atom stereocenters. The van der Waals surface area contributed by atoms with Gasteiger partial charge in [0.15, 0.2) is 0 Å². The molecule has 4 nitrogen and oxygen atoms in total. The van der Waals surface area contributed by atoms with Crippen molar-refractivity contribution in [3.05, 3.63) is 59.7 Å². The Hall–Kier alpha value is -2.62. The number of benzene rings is 2. The molecule has 0 aromatic heterocycles. The molecule has 2 aromatic rings. The summed E-state index contributed by atoms with van der Waals surface area (Å²) < 4.78 is 0. The van der Waals surface area contributed by atoms with Crippen molar-refractivity contribution < 1.29 is 9.59 Å². The fourth-order valence-electron chi connectivity index (χ4n) is 2.13. The van der Waals surface area contributed by atoms with Crippen LogP contribution in [0.2, 0.25) is 0 Å². The Morgan fingerprint density at radius 2 is 1.68 bits per heavy atom. The van der Waals surface area contributed by atoms with Gasteiger partial charge in [-0.25, -0.2) is 0 Å². The number of rotatable bonds is 4. The molecule has 0 spiro atoms. The first-order valence-corrected chi connectivity index (χ1v) is 7.13. The van der Waals surface area contributed by atoms with Gasteiger partial charge in [-0.15, -0.1) is 0 Å². The van der Waals surface area contributed by atoms with Gasteiger partial charge in [0, 0.05) is 26.7 Å². The number of carbonyl (C=O) groups excluding carboxylic acids is 2. The van der Waals surface area contributed by atoms with E-state index in [2.05, 4.69) is 5.32 Å². The number of nitrogens with zero attached hydrogens (tertiary/aromatic N) is 1. The maximum Gasteiger partial charge on any atom is 0.251 e. The highest BCUT2D eigenvalue weighted by atomic mass is 16.2. The topological polar surface area (TPSA) is 49.4 Å². The van der Waals surface area contributed by atoms with Crippen LogP contribution in [0.4, 0.5) is 0 Å². The molecule has 1 N–H and O–H groups in total. The van der Waals surface area contributed by atoms with E-state index in [4.69, 9.17) is 0 Å². The number of amides is 2. The van der Waals surface area contributed by atoms with Gasteiger partial charge in [-0.3, -0.25) is 9.59 Å². The van der Waals surface area contributed by atoms with E-state index in [0.717, 1.165) is 16.7 Å².